The van der Waals surface area contributed by atoms with Gasteiger partial charge >= 0.3 is 11.9 Å². The zero-order valence-electron chi connectivity index (χ0n) is 29.3. The summed E-state index contributed by atoms with van der Waals surface area (Å²) in [6, 6.07) is 0. The Morgan fingerprint density at radius 3 is 2.19 bits per heavy atom. The second kappa shape index (κ2) is 11.5. The largest absolute Gasteiger partial charge is 0.469 e. The van der Waals surface area contributed by atoms with Crippen LogP contribution in [0.3, 0.4) is 0 Å². The van der Waals surface area contributed by atoms with Gasteiger partial charge in [-0.05, 0) is 111 Å². The van der Waals surface area contributed by atoms with Crippen LogP contribution in [0, 0.1) is 50.2 Å². The van der Waals surface area contributed by atoms with Crippen LogP contribution in [0.2, 0.25) is 0 Å². The molecule has 5 fully saturated rings. The number of ether oxygens (including phenoxy) is 3. The Hall–Kier alpha value is -1.56. The number of hydrogen-bond donors (Lipinski definition) is 5. The summed E-state index contributed by atoms with van der Waals surface area (Å²) >= 11 is 0. The van der Waals surface area contributed by atoms with Crippen molar-refractivity contribution in [1.29, 1.82) is 0 Å². The first-order valence-electron chi connectivity index (χ1n) is 17.8. The molecule has 6 aliphatic rings. The molecule has 5 aliphatic carbocycles. The smallest absolute Gasteiger partial charge is 0.315 e. The lowest BCUT2D eigenvalue weighted by atomic mass is 9.33. The third-order valence-electron chi connectivity index (χ3n) is 15.5. The van der Waals surface area contributed by atoms with Crippen LogP contribution in [0.5, 0.6) is 0 Å². The molecule has 1 saturated heterocycles. The average Bonchev–Trinajstić information content (AvgIpc) is 3.03. The zero-order chi connectivity index (χ0) is 34.5. The van der Waals surface area contributed by atoms with Crippen molar-refractivity contribution in [2.45, 2.75) is 143 Å². The van der Waals surface area contributed by atoms with Crippen molar-refractivity contribution in [2.75, 3.05) is 13.7 Å². The normalized spacial score (nSPS) is 52.1. The lowest BCUT2D eigenvalue weighted by Crippen LogP contribution is -2.65. The average molecular weight is 663 g/mol. The predicted octanol–water partition coefficient (Wildman–Crippen LogP) is 3.65. The molecule has 10 nitrogen and oxygen atoms in total. The van der Waals surface area contributed by atoms with E-state index in [0.29, 0.717) is 37.5 Å². The van der Waals surface area contributed by atoms with E-state index in [0.717, 1.165) is 38.5 Å². The number of esters is 2. The third-order valence-corrected chi connectivity index (χ3v) is 15.5. The van der Waals surface area contributed by atoms with E-state index in [4.69, 9.17) is 14.2 Å². The van der Waals surface area contributed by atoms with Crippen molar-refractivity contribution in [2.24, 2.45) is 50.2 Å². The number of carbonyl (C=O) groups excluding carboxylic acids is 2. The molecule has 6 rings (SSSR count). The Bertz CT molecular complexity index is 1300. The Morgan fingerprint density at radius 2 is 1.53 bits per heavy atom. The number of methoxy groups -OCH3 is 1. The molecule has 1 aliphatic heterocycles. The molecule has 5 N–H and O–H groups in total. The van der Waals surface area contributed by atoms with Gasteiger partial charge in [0.25, 0.3) is 0 Å². The van der Waals surface area contributed by atoms with Crippen LogP contribution in [-0.4, -0.2) is 88.0 Å². The van der Waals surface area contributed by atoms with E-state index in [1.807, 2.05) is 6.92 Å². The number of fused-ring (bicyclic) bond motifs is 7. The molecule has 266 valence electrons. The highest BCUT2D eigenvalue weighted by Crippen LogP contribution is 2.76. The van der Waals surface area contributed by atoms with Gasteiger partial charge in [0.15, 0.2) is 0 Å². The highest BCUT2D eigenvalue weighted by molar-refractivity contribution is 5.81. The fourth-order valence-electron chi connectivity index (χ4n) is 12.3. The lowest BCUT2D eigenvalue weighted by Gasteiger charge is -2.71. The first-order valence-corrected chi connectivity index (χ1v) is 17.8. The van der Waals surface area contributed by atoms with Crippen molar-refractivity contribution in [1.82, 2.24) is 0 Å². The first kappa shape index (κ1) is 35.3. The van der Waals surface area contributed by atoms with Crippen molar-refractivity contribution < 1.29 is 49.3 Å². The van der Waals surface area contributed by atoms with Gasteiger partial charge in [-0.25, -0.2) is 0 Å². The third kappa shape index (κ3) is 4.78. The fourth-order valence-corrected chi connectivity index (χ4v) is 12.3. The Balaban J connectivity index is 1.39. The van der Waals surface area contributed by atoms with Gasteiger partial charge in [-0.1, -0.05) is 46.3 Å². The summed E-state index contributed by atoms with van der Waals surface area (Å²) in [6.45, 7) is 13.0. The topological polar surface area (TPSA) is 163 Å². The summed E-state index contributed by atoms with van der Waals surface area (Å²) in [6.07, 6.45) is 1.65. The highest BCUT2D eigenvalue weighted by atomic mass is 16.7. The van der Waals surface area contributed by atoms with Crippen LogP contribution in [0.25, 0.3) is 0 Å². The number of hydrogen-bond acceptors (Lipinski definition) is 10. The van der Waals surface area contributed by atoms with Gasteiger partial charge in [-0.2, -0.15) is 0 Å². The minimum atomic E-state index is -1.69. The van der Waals surface area contributed by atoms with Crippen LogP contribution < -0.4 is 0 Å². The van der Waals surface area contributed by atoms with Crippen molar-refractivity contribution in [3.63, 3.8) is 0 Å². The molecular formula is C37H58O10. The number of rotatable bonds is 4. The van der Waals surface area contributed by atoms with Crippen molar-refractivity contribution in [3.8, 4) is 0 Å². The molecule has 4 saturated carbocycles. The Kier molecular flexibility index (Phi) is 8.62. The molecule has 3 unspecified atom stereocenters. The van der Waals surface area contributed by atoms with Crippen LogP contribution in [0.4, 0.5) is 0 Å². The summed E-state index contributed by atoms with van der Waals surface area (Å²) in [5.41, 5.74) is -0.982. The minimum Gasteiger partial charge on any atom is -0.469 e. The molecule has 10 heteroatoms. The summed E-state index contributed by atoms with van der Waals surface area (Å²) in [4.78, 5) is 27.7. The van der Waals surface area contributed by atoms with E-state index in [2.05, 4.69) is 40.7 Å². The number of aliphatic hydroxyl groups excluding tert-OH is 5. The summed E-state index contributed by atoms with van der Waals surface area (Å²) in [5.74, 6) is -0.350. The van der Waals surface area contributed by atoms with Crippen LogP contribution in [-0.2, 0) is 23.8 Å². The predicted molar refractivity (Wildman–Crippen MR) is 171 cm³/mol. The minimum absolute atomic E-state index is 0.0600. The molecule has 47 heavy (non-hydrogen) atoms. The Labute approximate surface area is 279 Å². The maximum atomic E-state index is 14.5. The molecule has 14 atom stereocenters. The molecule has 0 bridgehead atoms. The quantitative estimate of drug-likeness (QED) is 0.222. The standard InChI is InChI=1S/C37H58O10/c1-32(2)23-10-13-36(6)24(34(23,4)12-11-25(32)39)9-8-20-21-18-33(3,30(43)45-7)14-16-37(21,17-15-35(20,36)5)31(44)47-29-28(42)27(41)26(40)22(19-38)46-29/h8,21-29,38-42H,9-19H2,1-7H3/t21?,22-,23?,24?,25+,26-,27+,28-,29+,33+,34+,35-,36-,37+/m1/s1. The summed E-state index contributed by atoms with van der Waals surface area (Å²) in [5, 5.41) is 52.2. The number of allylic oxidation sites excluding steroid dienone is 2. The van der Waals surface area contributed by atoms with Gasteiger partial charge < -0.3 is 39.7 Å². The van der Waals surface area contributed by atoms with E-state index in [9.17, 15) is 35.1 Å². The fraction of sp³-hybridized carbons (Fsp3) is 0.892. The van der Waals surface area contributed by atoms with E-state index in [1.54, 1.807) is 0 Å². The zero-order valence-corrected chi connectivity index (χ0v) is 29.3. The molecule has 0 aromatic heterocycles. The summed E-state index contributed by atoms with van der Waals surface area (Å²) < 4.78 is 16.8. The van der Waals surface area contributed by atoms with E-state index in [1.165, 1.54) is 12.7 Å². The second-order valence-electron chi connectivity index (χ2n) is 17.7. The lowest BCUT2D eigenvalue weighted by molar-refractivity contribution is -0.297. The second-order valence-corrected chi connectivity index (χ2v) is 17.7. The molecule has 0 aromatic rings. The molecule has 0 amide bonds. The van der Waals surface area contributed by atoms with Crippen molar-refractivity contribution in [3.05, 3.63) is 11.6 Å². The van der Waals surface area contributed by atoms with Crippen LogP contribution in [0.15, 0.2) is 11.6 Å². The van der Waals surface area contributed by atoms with Gasteiger partial charge in [0.05, 0.1) is 30.7 Å². The van der Waals surface area contributed by atoms with Crippen molar-refractivity contribution >= 4 is 11.9 Å². The molecule has 1 heterocycles. The number of aliphatic hydroxyl groups is 5. The maximum Gasteiger partial charge on any atom is 0.315 e. The maximum absolute atomic E-state index is 14.5. The van der Waals surface area contributed by atoms with E-state index in [-0.39, 0.29) is 39.7 Å². The van der Waals surface area contributed by atoms with Crippen LogP contribution >= 0.6 is 0 Å². The summed E-state index contributed by atoms with van der Waals surface area (Å²) in [7, 11) is 1.40. The monoisotopic (exact) mass is 662 g/mol. The van der Waals surface area contributed by atoms with Gasteiger partial charge in [0.1, 0.15) is 24.4 Å². The van der Waals surface area contributed by atoms with Gasteiger partial charge in [0.2, 0.25) is 6.29 Å². The van der Waals surface area contributed by atoms with E-state index < -0.39 is 54.1 Å². The molecule has 0 aromatic carbocycles. The van der Waals surface area contributed by atoms with Crippen LogP contribution in [0.1, 0.15) is 106 Å². The highest BCUT2D eigenvalue weighted by Gasteiger charge is 2.70. The molecular weight excluding hydrogens is 604 g/mol. The van der Waals surface area contributed by atoms with Gasteiger partial charge in [-0.3, -0.25) is 9.59 Å². The SMILES string of the molecule is COC(=O)[C@@]1(C)CC[C@]2(C(=O)O[C@@H]3O[C@H](CO)[C@@H](O)[C@H](O)[C@H]3O)CC[C@]3(C)C(=CCC4[C@@]5(C)CC[C@H](O)C(C)(C)C5CC[C@]43C)C2C1. The first-order chi connectivity index (χ1) is 21.9. The van der Waals surface area contributed by atoms with Gasteiger partial charge in [-0.15, -0.1) is 0 Å². The van der Waals surface area contributed by atoms with Gasteiger partial charge in [0, 0.05) is 0 Å². The molecule has 0 spiro atoms. The molecule has 0 radical (unpaired) electrons. The van der Waals surface area contributed by atoms with E-state index >= 15 is 0 Å². The number of carbonyl (C=O) groups is 2. The Morgan fingerprint density at radius 1 is 0.851 bits per heavy atom.